The predicted octanol–water partition coefficient (Wildman–Crippen LogP) is 3.06. The maximum absolute atomic E-state index is 11.8. The first kappa shape index (κ1) is 22.3. The highest BCUT2D eigenvalue weighted by atomic mass is 16.6. The van der Waals surface area contributed by atoms with Gasteiger partial charge in [0.05, 0.1) is 0 Å². The summed E-state index contributed by atoms with van der Waals surface area (Å²) in [5.74, 6) is -1.38. The molecule has 1 amide bonds. The SMILES string of the molecule is CC(C)(C)OC(=O)COc1ccc([C@@H](NC(=O)OC(C)(C)C)C(=O)O)cc1. The minimum Gasteiger partial charge on any atom is -0.482 e. The number of carbonyl (C=O) groups is 3. The summed E-state index contributed by atoms with van der Waals surface area (Å²) in [6.45, 7) is 10.0. The van der Waals surface area contributed by atoms with Crippen molar-refractivity contribution in [2.75, 3.05) is 6.61 Å². The van der Waals surface area contributed by atoms with Gasteiger partial charge in [-0.25, -0.2) is 14.4 Å². The Morgan fingerprint density at radius 1 is 0.963 bits per heavy atom. The third-order valence-electron chi connectivity index (χ3n) is 2.90. The molecule has 0 heterocycles. The quantitative estimate of drug-likeness (QED) is 0.729. The number of aliphatic carboxylic acids is 1. The van der Waals surface area contributed by atoms with E-state index in [4.69, 9.17) is 14.2 Å². The lowest BCUT2D eigenvalue weighted by molar-refractivity contribution is -0.157. The molecule has 0 unspecified atom stereocenters. The minimum absolute atomic E-state index is 0.269. The molecule has 0 aliphatic rings. The summed E-state index contributed by atoms with van der Waals surface area (Å²) in [6, 6.07) is 4.71. The second-order valence-electron chi connectivity index (χ2n) is 7.86. The average molecular weight is 381 g/mol. The van der Waals surface area contributed by atoms with E-state index in [9.17, 15) is 19.5 Å². The molecule has 8 heteroatoms. The zero-order valence-corrected chi connectivity index (χ0v) is 16.5. The standard InChI is InChI=1S/C19H27NO7/c1-18(2,3)26-14(21)11-25-13-9-7-12(8-10-13)15(16(22)23)20-17(24)27-19(4,5)6/h7-10,15H,11H2,1-6H3,(H,20,24)(H,22,23)/t15-/m1/s1. The van der Waals surface area contributed by atoms with Gasteiger partial charge in [0.15, 0.2) is 12.6 Å². The molecule has 0 saturated carbocycles. The zero-order chi connectivity index (χ0) is 20.8. The van der Waals surface area contributed by atoms with Crippen molar-refractivity contribution in [2.45, 2.75) is 58.8 Å². The first-order valence-corrected chi connectivity index (χ1v) is 8.44. The molecule has 1 aromatic rings. The summed E-state index contributed by atoms with van der Waals surface area (Å²) in [5, 5.41) is 11.7. The van der Waals surface area contributed by atoms with Crippen LogP contribution in [0.3, 0.4) is 0 Å². The molecule has 0 saturated heterocycles. The maximum atomic E-state index is 11.8. The Hall–Kier alpha value is -2.77. The van der Waals surface area contributed by atoms with Crippen LogP contribution in [0.1, 0.15) is 53.1 Å². The summed E-state index contributed by atoms with van der Waals surface area (Å²) in [6.07, 6.45) is -0.833. The number of hydrogen-bond donors (Lipinski definition) is 2. The van der Waals surface area contributed by atoms with Gasteiger partial charge in [-0.1, -0.05) is 12.1 Å². The number of carboxylic acid groups (broad SMARTS) is 1. The van der Waals surface area contributed by atoms with Gasteiger partial charge in [0.2, 0.25) is 0 Å². The van der Waals surface area contributed by atoms with Crippen LogP contribution in [0.15, 0.2) is 24.3 Å². The van der Waals surface area contributed by atoms with E-state index in [0.717, 1.165) is 0 Å². The number of nitrogens with one attached hydrogen (secondary N) is 1. The molecule has 150 valence electrons. The molecule has 0 aliphatic heterocycles. The summed E-state index contributed by atoms with van der Waals surface area (Å²) in [7, 11) is 0. The van der Waals surface area contributed by atoms with E-state index >= 15 is 0 Å². The van der Waals surface area contributed by atoms with Crippen LogP contribution in [0.4, 0.5) is 4.79 Å². The van der Waals surface area contributed by atoms with Crippen LogP contribution in [0.2, 0.25) is 0 Å². The van der Waals surface area contributed by atoms with Gasteiger partial charge in [-0.15, -0.1) is 0 Å². The van der Waals surface area contributed by atoms with Gasteiger partial charge in [-0.3, -0.25) is 0 Å². The molecule has 1 atom stereocenters. The molecule has 0 spiro atoms. The van der Waals surface area contributed by atoms with Crippen LogP contribution in [-0.4, -0.2) is 40.9 Å². The highest BCUT2D eigenvalue weighted by molar-refractivity contribution is 5.81. The topological polar surface area (TPSA) is 111 Å². The monoisotopic (exact) mass is 381 g/mol. The van der Waals surface area contributed by atoms with Crippen molar-refractivity contribution in [3.8, 4) is 5.75 Å². The van der Waals surface area contributed by atoms with Gasteiger partial charge >= 0.3 is 18.0 Å². The van der Waals surface area contributed by atoms with Crippen LogP contribution in [0.25, 0.3) is 0 Å². The van der Waals surface area contributed by atoms with Gasteiger partial charge in [-0.05, 0) is 59.2 Å². The number of rotatable bonds is 6. The van der Waals surface area contributed by atoms with E-state index in [1.165, 1.54) is 24.3 Å². The van der Waals surface area contributed by atoms with Crippen LogP contribution in [0.5, 0.6) is 5.75 Å². The van der Waals surface area contributed by atoms with Crippen molar-refractivity contribution in [1.82, 2.24) is 5.32 Å². The molecule has 27 heavy (non-hydrogen) atoms. The molecule has 1 rings (SSSR count). The number of carbonyl (C=O) groups excluding carboxylic acids is 2. The molecule has 0 aliphatic carbocycles. The Labute approximate surface area is 158 Å². The summed E-state index contributed by atoms with van der Waals surface area (Å²) < 4.78 is 15.5. The van der Waals surface area contributed by atoms with Crippen molar-refractivity contribution in [3.05, 3.63) is 29.8 Å². The van der Waals surface area contributed by atoms with E-state index in [1.54, 1.807) is 41.5 Å². The van der Waals surface area contributed by atoms with Crippen molar-refractivity contribution in [3.63, 3.8) is 0 Å². The fourth-order valence-electron chi connectivity index (χ4n) is 1.98. The first-order valence-electron chi connectivity index (χ1n) is 8.44. The van der Waals surface area contributed by atoms with E-state index in [1.807, 2.05) is 0 Å². The number of esters is 1. The van der Waals surface area contributed by atoms with Crippen LogP contribution in [-0.2, 0) is 19.1 Å². The van der Waals surface area contributed by atoms with E-state index < -0.39 is 35.3 Å². The van der Waals surface area contributed by atoms with Crippen LogP contribution < -0.4 is 10.1 Å². The number of alkyl carbamates (subject to hydrolysis) is 1. The molecule has 0 radical (unpaired) electrons. The minimum atomic E-state index is -1.28. The van der Waals surface area contributed by atoms with Gasteiger partial charge < -0.3 is 24.6 Å². The maximum Gasteiger partial charge on any atom is 0.408 e. The second-order valence-corrected chi connectivity index (χ2v) is 7.86. The lowest BCUT2D eigenvalue weighted by Crippen LogP contribution is -2.38. The van der Waals surface area contributed by atoms with Crippen molar-refractivity contribution < 1.29 is 33.7 Å². The molecule has 1 aromatic carbocycles. The van der Waals surface area contributed by atoms with Crippen LogP contribution in [0, 0.1) is 0 Å². The fourth-order valence-corrected chi connectivity index (χ4v) is 1.98. The summed E-state index contributed by atoms with van der Waals surface area (Å²) in [4.78, 5) is 34.9. The molecular weight excluding hydrogens is 354 g/mol. The molecule has 0 aromatic heterocycles. The Morgan fingerprint density at radius 3 is 1.93 bits per heavy atom. The normalized spacial score (nSPS) is 12.7. The fraction of sp³-hybridized carbons (Fsp3) is 0.526. The lowest BCUT2D eigenvalue weighted by atomic mass is 10.1. The average Bonchev–Trinajstić information content (AvgIpc) is 2.47. The van der Waals surface area contributed by atoms with Gasteiger partial charge in [0.25, 0.3) is 0 Å². The first-order chi connectivity index (χ1) is 12.3. The molecule has 0 fully saturated rings. The van der Waals surface area contributed by atoms with Crippen molar-refractivity contribution >= 4 is 18.0 Å². The highest BCUT2D eigenvalue weighted by Gasteiger charge is 2.25. The van der Waals surface area contributed by atoms with Gasteiger partial charge in [0.1, 0.15) is 17.0 Å². The predicted molar refractivity (Wildman–Crippen MR) is 97.5 cm³/mol. The van der Waals surface area contributed by atoms with Gasteiger partial charge in [0, 0.05) is 0 Å². The number of benzene rings is 1. The largest absolute Gasteiger partial charge is 0.482 e. The Balaban J connectivity index is 2.72. The number of carboxylic acids is 1. The van der Waals surface area contributed by atoms with E-state index in [-0.39, 0.29) is 6.61 Å². The Kier molecular flexibility index (Phi) is 7.21. The van der Waals surface area contributed by atoms with Crippen LogP contribution >= 0.6 is 0 Å². The number of amides is 1. The summed E-state index contributed by atoms with van der Waals surface area (Å²) >= 11 is 0. The molecule has 2 N–H and O–H groups in total. The third-order valence-corrected chi connectivity index (χ3v) is 2.90. The summed E-state index contributed by atoms with van der Waals surface area (Å²) in [5.41, 5.74) is -1.02. The second kappa shape index (κ2) is 8.75. The van der Waals surface area contributed by atoms with Crippen molar-refractivity contribution in [2.24, 2.45) is 0 Å². The highest BCUT2D eigenvalue weighted by Crippen LogP contribution is 2.19. The molecule has 0 bridgehead atoms. The van der Waals surface area contributed by atoms with Crippen molar-refractivity contribution in [1.29, 1.82) is 0 Å². The Bertz CT molecular complexity index is 669. The number of ether oxygens (including phenoxy) is 3. The Morgan fingerprint density at radius 2 is 1.48 bits per heavy atom. The molecule has 8 nitrogen and oxygen atoms in total. The lowest BCUT2D eigenvalue weighted by Gasteiger charge is -2.22. The zero-order valence-electron chi connectivity index (χ0n) is 16.5. The third kappa shape index (κ3) is 8.94. The smallest absolute Gasteiger partial charge is 0.408 e. The molecular formula is C19H27NO7. The van der Waals surface area contributed by atoms with E-state index in [2.05, 4.69) is 5.32 Å². The van der Waals surface area contributed by atoms with Gasteiger partial charge in [-0.2, -0.15) is 0 Å². The van der Waals surface area contributed by atoms with E-state index in [0.29, 0.717) is 11.3 Å². The number of hydrogen-bond acceptors (Lipinski definition) is 6.